The summed E-state index contributed by atoms with van der Waals surface area (Å²) >= 11 is 2.32. The van der Waals surface area contributed by atoms with Gasteiger partial charge in [-0.05, 0) is 12.5 Å². The van der Waals surface area contributed by atoms with Crippen LogP contribution in [0.2, 0.25) is 0 Å². The van der Waals surface area contributed by atoms with Crippen molar-refractivity contribution < 1.29 is 18.0 Å². The zero-order valence-corrected chi connectivity index (χ0v) is 18.1. The molecule has 1 heterocycles. The van der Waals surface area contributed by atoms with Crippen LogP contribution in [0.4, 0.5) is 5.13 Å². The lowest BCUT2D eigenvalue weighted by molar-refractivity contribution is -0.118. The van der Waals surface area contributed by atoms with Gasteiger partial charge in [0.2, 0.25) is 27.0 Å². The first-order valence-corrected chi connectivity index (χ1v) is 11.8. The molecular weight excluding hydrogens is 422 g/mol. The van der Waals surface area contributed by atoms with Crippen LogP contribution in [-0.2, 0) is 26.2 Å². The molecule has 9 nitrogen and oxygen atoms in total. The lowest BCUT2D eigenvalue weighted by Crippen LogP contribution is -2.34. The number of aromatic nitrogens is 2. The fourth-order valence-electron chi connectivity index (χ4n) is 1.88. The van der Waals surface area contributed by atoms with Crippen LogP contribution in [0.3, 0.4) is 0 Å². The van der Waals surface area contributed by atoms with E-state index >= 15 is 0 Å². The molecule has 0 saturated heterocycles. The number of anilines is 1. The quantitative estimate of drug-likeness (QED) is 0.439. The van der Waals surface area contributed by atoms with Gasteiger partial charge >= 0.3 is 0 Å². The highest BCUT2D eigenvalue weighted by atomic mass is 32.2. The number of carbonyl (C=O) groups is 2. The lowest BCUT2D eigenvalue weighted by Gasteiger charge is -2.12. The molecule has 0 saturated carbocycles. The summed E-state index contributed by atoms with van der Waals surface area (Å²) < 4.78 is 24.1. The molecule has 0 spiro atoms. The number of nitrogens with zero attached hydrogens (tertiary/aromatic N) is 3. The van der Waals surface area contributed by atoms with E-state index in [2.05, 4.69) is 20.8 Å². The minimum atomic E-state index is -3.44. The molecular formula is C16H21N5O4S3. The SMILES string of the molecule is Cc1ccc(CNC(=O)CSc2nnc(NC(=O)CN(C)S(C)(=O)=O)s2)cc1. The van der Waals surface area contributed by atoms with Crippen LogP contribution in [0, 0.1) is 6.92 Å². The molecule has 0 aliphatic carbocycles. The van der Waals surface area contributed by atoms with Gasteiger partial charge in [0, 0.05) is 13.6 Å². The van der Waals surface area contributed by atoms with Gasteiger partial charge in [0.05, 0.1) is 18.6 Å². The molecule has 0 unspecified atom stereocenters. The van der Waals surface area contributed by atoms with Crippen molar-refractivity contribution in [2.24, 2.45) is 0 Å². The molecule has 0 fully saturated rings. The highest BCUT2D eigenvalue weighted by molar-refractivity contribution is 8.01. The number of rotatable bonds is 9. The number of sulfonamides is 1. The van der Waals surface area contributed by atoms with Crippen LogP contribution in [0.1, 0.15) is 11.1 Å². The Kier molecular flexibility index (Phi) is 7.92. The number of hydrogen-bond acceptors (Lipinski definition) is 8. The van der Waals surface area contributed by atoms with Crippen LogP contribution < -0.4 is 10.6 Å². The standard InChI is InChI=1S/C16H21N5O4S3/c1-11-4-6-12(7-5-11)8-17-14(23)10-26-16-20-19-15(27-16)18-13(22)9-21(2)28(3,24)25/h4-7H,8-10H2,1-3H3,(H,17,23)(H,18,19,22). The molecule has 2 aromatic rings. The molecule has 2 rings (SSSR count). The Morgan fingerprint density at radius 1 is 1.18 bits per heavy atom. The largest absolute Gasteiger partial charge is 0.351 e. The maximum Gasteiger partial charge on any atom is 0.241 e. The van der Waals surface area contributed by atoms with Crippen molar-refractivity contribution in [1.29, 1.82) is 0 Å². The average Bonchev–Trinajstić information content (AvgIpc) is 3.05. The minimum absolute atomic E-state index is 0.138. The Balaban J connectivity index is 1.75. The third kappa shape index (κ3) is 7.54. The van der Waals surface area contributed by atoms with Gasteiger partial charge in [-0.3, -0.25) is 14.9 Å². The maximum absolute atomic E-state index is 11.9. The van der Waals surface area contributed by atoms with E-state index in [9.17, 15) is 18.0 Å². The minimum Gasteiger partial charge on any atom is -0.351 e. The van der Waals surface area contributed by atoms with Crippen LogP contribution in [0.5, 0.6) is 0 Å². The molecule has 1 aromatic heterocycles. The number of benzene rings is 1. The number of likely N-dealkylation sites (N-methyl/N-ethyl adjacent to an activating group) is 1. The fourth-order valence-corrected chi connectivity index (χ4v) is 3.83. The van der Waals surface area contributed by atoms with Crippen molar-refractivity contribution in [1.82, 2.24) is 19.8 Å². The molecule has 0 radical (unpaired) electrons. The third-order valence-electron chi connectivity index (χ3n) is 3.52. The van der Waals surface area contributed by atoms with Gasteiger partial charge in [0.15, 0.2) is 4.34 Å². The molecule has 0 aliphatic heterocycles. The van der Waals surface area contributed by atoms with Crippen LogP contribution >= 0.6 is 23.1 Å². The molecule has 0 bridgehead atoms. The first-order chi connectivity index (χ1) is 13.1. The Morgan fingerprint density at radius 2 is 1.86 bits per heavy atom. The number of carbonyl (C=O) groups excluding carboxylic acids is 2. The van der Waals surface area contributed by atoms with Crippen LogP contribution in [0.15, 0.2) is 28.6 Å². The van der Waals surface area contributed by atoms with Gasteiger partial charge in [-0.1, -0.05) is 52.9 Å². The van der Waals surface area contributed by atoms with E-state index in [1.54, 1.807) is 0 Å². The van der Waals surface area contributed by atoms with Crippen molar-refractivity contribution in [2.45, 2.75) is 17.8 Å². The number of hydrogen-bond donors (Lipinski definition) is 2. The van der Waals surface area contributed by atoms with E-state index in [0.717, 1.165) is 33.0 Å². The second-order valence-electron chi connectivity index (χ2n) is 5.99. The number of thioether (sulfide) groups is 1. The summed E-state index contributed by atoms with van der Waals surface area (Å²) in [6.07, 6.45) is 1.02. The van der Waals surface area contributed by atoms with Crippen molar-refractivity contribution in [3.63, 3.8) is 0 Å². The van der Waals surface area contributed by atoms with Gasteiger partial charge in [0.25, 0.3) is 0 Å². The second-order valence-corrected chi connectivity index (χ2v) is 10.3. The third-order valence-corrected chi connectivity index (χ3v) is 6.76. The van der Waals surface area contributed by atoms with Crippen molar-refractivity contribution in [2.75, 3.05) is 30.9 Å². The van der Waals surface area contributed by atoms with E-state index in [4.69, 9.17) is 0 Å². The highest BCUT2D eigenvalue weighted by Gasteiger charge is 2.16. The van der Waals surface area contributed by atoms with Gasteiger partial charge in [-0.25, -0.2) is 8.42 Å². The molecule has 152 valence electrons. The lowest BCUT2D eigenvalue weighted by atomic mass is 10.1. The predicted octanol–water partition coefficient (Wildman–Crippen LogP) is 1.08. The van der Waals surface area contributed by atoms with E-state index in [0.29, 0.717) is 10.9 Å². The molecule has 0 atom stereocenters. The molecule has 28 heavy (non-hydrogen) atoms. The fraction of sp³-hybridized carbons (Fsp3) is 0.375. The zero-order chi connectivity index (χ0) is 20.7. The monoisotopic (exact) mass is 443 g/mol. The van der Waals surface area contributed by atoms with E-state index in [1.165, 1.54) is 18.8 Å². The Labute approximate surface area is 172 Å². The van der Waals surface area contributed by atoms with Crippen molar-refractivity contribution in [3.8, 4) is 0 Å². The normalized spacial score (nSPS) is 11.4. The second kappa shape index (κ2) is 9.96. The summed E-state index contributed by atoms with van der Waals surface area (Å²) in [6.45, 7) is 2.13. The van der Waals surface area contributed by atoms with E-state index < -0.39 is 15.9 Å². The summed E-state index contributed by atoms with van der Waals surface area (Å²) in [5.74, 6) is -0.483. The summed E-state index contributed by atoms with van der Waals surface area (Å²) in [5.41, 5.74) is 2.18. The molecule has 2 amide bonds. The Hall–Kier alpha value is -2.02. The number of nitrogens with one attached hydrogen (secondary N) is 2. The summed E-state index contributed by atoms with van der Waals surface area (Å²) in [6, 6.07) is 7.90. The van der Waals surface area contributed by atoms with E-state index in [-0.39, 0.29) is 23.3 Å². The van der Waals surface area contributed by atoms with E-state index in [1.807, 2.05) is 31.2 Å². The zero-order valence-electron chi connectivity index (χ0n) is 15.6. The van der Waals surface area contributed by atoms with Gasteiger partial charge in [-0.2, -0.15) is 4.31 Å². The molecule has 12 heteroatoms. The molecule has 1 aromatic carbocycles. The first-order valence-electron chi connectivity index (χ1n) is 8.13. The summed E-state index contributed by atoms with van der Waals surface area (Å²) in [7, 11) is -2.13. The topological polar surface area (TPSA) is 121 Å². The molecule has 2 N–H and O–H groups in total. The maximum atomic E-state index is 11.9. The first kappa shape index (κ1) is 22.3. The summed E-state index contributed by atoms with van der Waals surface area (Å²) in [4.78, 5) is 23.8. The van der Waals surface area contributed by atoms with Crippen molar-refractivity contribution >= 4 is 50.1 Å². The van der Waals surface area contributed by atoms with Crippen molar-refractivity contribution in [3.05, 3.63) is 35.4 Å². The number of aryl methyl sites for hydroxylation is 1. The van der Waals surface area contributed by atoms with Crippen LogP contribution in [0.25, 0.3) is 0 Å². The Morgan fingerprint density at radius 3 is 2.50 bits per heavy atom. The van der Waals surface area contributed by atoms with Gasteiger partial charge in [0.1, 0.15) is 0 Å². The van der Waals surface area contributed by atoms with Crippen LogP contribution in [-0.4, -0.2) is 60.3 Å². The predicted molar refractivity (Wildman–Crippen MR) is 110 cm³/mol. The van der Waals surface area contributed by atoms with Gasteiger partial charge < -0.3 is 5.32 Å². The highest BCUT2D eigenvalue weighted by Crippen LogP contribution is 2.25. The smallest absolute Gasteiger partial charge is 0.241 e. The summed E-state index contributed by atoms with van der Waals surface area (Å²) in [5, 5.41) is 13.3. The average molecular weight is 444 g/mol. The van der Waals surface area contributed by atoms with Gasteiger partial charge in [-0.15, -0.1) is 10.2 Å². The molecule has 0 aliphatic rings. The number of amides is 2. The Bertz CT molecular complexity index is 928.